The molecule has 0 unspecified atom stereocenters. The third-order valence-corrected chi connectivity index (χ3v) is 7.77. The minimum absolute atomic E-state index is 0.219. The molecule has 2 saturated heterocycles. The molecule has 2 heterocycles. The first kappa shape index (κ1) is 19.9. The summed E-state index contributed by atoms with van der Waals surface area (Å²) < 4.78 is 27.4. The molecule has 154 valence electrons. The maximum Gasteiger partial charge on any atom is 0.255 e. The van der Waals surface area contributed by atoms with E-state index in [-0.39, 0.29) is 10.8 Å². The zero-order valence-corrected chi connectivity index (χ0v) is 17.5. The summed E-state index contributed by atoms with van der Waals surface area (Å²) >= 11 is 0. The number of nitrogens with zero attached hydrogens (tertiary/aromatic N) is 2. The SMILES string of the molecule is Cc1ccc(C(=O)Nc2ccc(N3CCCC3)cc2)cc1S(=O)(=O)N1CCCC1. The summed E-state index contributed by atoms with van der Waals surface area (Å²) in [4.78, 5) is 15.3. The number of hydrogen-bond acceptors (Lipinski definition) is 4. The Morgan fingerprint density at radius 1 is 0.897 bits per heavy atom. The van der Waals surface area contributed by atoms with Crippen molar-refractivity contribution in [2.24, 2.45) is 0 Å². The highest BCUT2D eigenvalue weighted by Gasteiger charge is 2.29. The molecule has 1 N–H and O–H groups in total. The molecule has 7 heteroatoms. The Balaban J connectivity index is 1.51. The van der Waals surface area contributed by atoms with Gasteiger partial charge in [-0.1, -0.05) is 6.07 Å². The second-order valence-electron chi connectivity index (χ2n) is 7.79. The van der Waals surface area contributed by atoms with Crippen molar-refractivity contribution in [3.8, 4) is 0 Å². The molecule has 2 aliphatic heterocycles. The van der Waals surface area contributed by atoms with Crippen LogP contribution in [-0.4, -0.2) is 44.8 Å². The van der Waals surface area contributed by atoms with Gasteiger partial charge in [0, 0.05) is 43.1 Å². The predicted molar refractivity (Wildman–Crippen MR) is 115 cm³/mol. The van der Waals surface area contributed by atoms with Gasteiger partial charge in [0.1, 0.15) is 0 Å². The molecule has 2 aromatic rings. The second-order valence-corrected chi connectivity index (χ2v) is 9.69. The number of benzene rings is 2. The lowest BCUT2D eigenvalue weighted by molar-refractivity contribution is 0.102. The van der Waals surface area contributed by atoms with Crippen LogP contribution < -0.4 is 10.2 Å². The molecule has 0 radical (unpaired) electrons. The van der Waals surface area contributed by atoms with Crippen LogP contribution in [0.4, 0.5) is 11.4 Å². The molecule has 6 nitrogen and oxygen atoms in total. The molecule has 2 fully saturated rings. The number of sulfonamides is 1. The molecular weight excluding hydrogens is 386 g/mol. The number of anilines is 2. The average molecular weight is 414 g/mol. The van der Waals surface area contributed by atoms with Crippen LogP contribution in [0.25, 0.3) is 0 Å². The van der Waals surface area contributed by atoms with Gasteiger partial charge in [0.15, 0.2) is 0 Å². The third-order valence-electron chi connectivity index (χ3n) is 5.73. The van der Waals surface area contributed by atoms with Crippen molar-refractivity contribution in [2.45, 2.75) is 37.5 Å². The first-order valence-electron chi connectivity index (χ1n) is 10.2. The van der Waals surface area contributed by atoms with Crippen LogP contribution >= 0.6 is 0 Å². The smallest absolute Gasteiger partial charge is 0.255 e. The summed E-state index contributed by atoms with van der Waals surface area (Å²) in [5, 5.41) is 2.88. The van der Waals surface area contributed by atoms with Crippen molar-refractivity contribution < 1.29 is 13.2 Å². The van der Waals surface area contributed by atoms with Crippen molar-refractivity contribution in [3.63, 3.8) is 0 Å². The average Bonchev–Trinajstić information content (AvgIpc) is 3.43. The predicted octanol–water partition coefficient (Wildman–Crippen LogP) is 3.63. The zero-order chi connectivity index (χ0) is 20.4. The summed E-state index contributed by atoms with van der Waals surface area (Å²) in [6.07, 6.45) is 4.20. The number of hydrogen-bond donors (Lipinski definition) is 1. The van der Waals surface area contributed by atoms with Crippen molar-refractivity contribution in [2.75, 3.05) is 36.4 Å². The van der Waals surface area contributed by atoms with E-state index in [0.29, 0.717) is 29.9 Å². The van der Waals surface area contributed by atoms with Gasteiger partial charge >= 0.3 is 0 Å². The van der Waals surface area contributed by atoms with Gasteiger partial charge in [-0.15, -0.1) is 0 Å². The van der Waals surface area contributed by atoms with E-state index < -0.39 is 10.0 Å². The van der Waals surface area contributed by atoms with Gasteiger partial charge in [-0.3, -0.25) is 4.79 Å². The van der Waals surface area contributed by atoms with Gasteiger partial charge in [0.2, 0.25) is 10.0 Å². The quantitative estimate of drug-likeness (QED) is 0.813. The Morgan fingerprint density at radius 3 is 2.17 bits per heavy atom. The van der Waals surface area contributed by atoms with E-state index in [0.717, 1.165) is 31.6 Å². The van der Waals surface area contributed by atoms with Crippen LogP contribution in [0, 0.1) is 6.92 Å². The third kappa shape index (κ3) is 4.16. The summed E-state index contributed by atoms with van der Waals surface area (Å²) in [7, 11) is -3.57. The van der Waals surface area contributed by atoms with Gasteiger partial charge < -0.3 is 10.2 Å². The molecule has 0 bridgehead atoms. The van der Waals surface area contributed by atoms with Gasteiger partial charge in [-0.25, -0.2) is 8.42 Å². The molecule has 0 aliphatic carbocycles. The highest BCUT2D eigenvalue weighted by atomic mass is 32.2. The molecule has 29 heavy (non-hydrogen) atoms. The molecular formula is C22H27N3O3S. The largest absolute Gasteiger partial charge is 0.372 e. The maximum atomic E-state index is 12.9. The maximum absolute atomic E-state index is 12.9. The first-order valence-corrected chi connectivity index (χ1v) is 11.7. The van der Waals surface area contributed by atoms with Gasteiger partial charge in [-0.05, 0) is 74.6 Å². The van der Waals surface area contributed by atoms with E-state index in [1.165, 1.54) is 23.2 Å². The number of amides is 1. The van der Waals surface area contributed by atoms with Gasteiger partial charge in [-0.2, -0.15) is 4.31 Å². The van der Waals surface area contributed by atoms with E-state index in [1.54, 1.807) is 19.1 Å². The molecule has 0 atom stereocenters. The summed E-state index contributed by atoms with van der Waals surface area (Å²) in [6, 6.07) is 12.7. The van der Waals surface area contributed by atoms with Crippen LogP contribution in [-0.2, 0) is 10.0 Å². The fourth-order valence-electron chi connectivity index (χ4n) is 4.02. The van der Waals surface area contributed by atoms with Crippen LogP contribution in [0.15, 0.2) is 47.4 Å². The number of rotatable bonds is 5. The summed E-state index contributed by atoms with van der Waals surface area (Å²) in [5.41, 5.74) is 2.86. The monoisotopic (exact) mass is 413 g/mol. The highest BCUT2D eigenvalue weighted by Crippen LogP contribution is 2.26. The fourth-order valence-corrected chi connectivity index (χ4v) is 5.79. The summed E-state index contributed by atoms with van der Waals surface area (Å²) in [5.74, 6) is -0.309. The molecule has 0 spiro atoms. The minimum atomic E-state index is -3.57. The highest BCUT2D eigenvalue weighted by molar-refractivity contribution is 7.89. The van der Waals surface area contributed by atoms with Crippen molar-refractivity contribution in [1.82, 2.24) is 4.31 Å². The van der Waals surface area contributed by atoms with Crippen molar-refractivity contribution in [1.29, 1.82) is 0 Å². The van der Waals surface area contributed by atoms with Crippen LogP contribution in [0.1, 0.15) is 41.6 Å². The van der Waals surface area contributed by atoms with E-state index in [1.807, 2.05) is 24.3 Å². The van der Waals surface area contributed by atoms with E-state index in [9.17, 15) is 13.2 Å². The normalized spacial score (nSPS) is 17.6. The molecule has 0 saturated carbocycles. The topological polar surface area (TPSA) is 69.7 Å². The van der Waals surface area contributed by atoms with Crippen LogP contribution in [0.3, 0.4) is 0 Å². The Hall–Kier alpha value is -2.38. The van der Waals surface area contributed by atoms with E-state index in [4.69, 9.17) is 0 Å². The Morgan fingerprint density at radius 2 is 1.52 bits per heavy atom. The molecule has 2 aromatic carbocycles. The van der Waals surface area contributed by atoms with Crippen LogP contribution in [0.5, 0.6) is 0 Å². The number of carbonyl (C=O) groups excluding carboxylic acids is 1. The van der Waals surface area contributed by atoms with Gasteiger partial charge in [0.25, 0.3) is 5.91 Å². The van der Waals surface area contributed by atoms with E-state index >= 15 is 0 Å². The number of nitrogens with one attached hydrogen (secondary N) is 1. The molecule has 1 amide bonds. The van der Waals surface area contributed by atoms with Crippen molar-refractivity contribution in [3.05, 3.63) is 53.6 Å². The Bertz CT molecular complexity index is 990. The minimum Gasteiger partial charge on any atom is -0.372 e. The summed E-state index contributed by atoms with van der Waals surface area (Å²) in [6.45, 7) is 5.00. The molecule has 2 aliphatic rings. The first-order chi connectivity index (χ1) is 13.9. The fraction of sp³-hybridized carbons (Fsp3) is 0.409. The lowest BCUT2D eigenvalue weighted by Gasteiger charge is -2.18. The molecule has 0 aromatic heterocycles. The Labute approximate surface area is 172 Å². The van der Waals surface area contributed by atoms with Crippen LogP contribution in [0.2, 0.25) is 0 Å². The molecule has 4 rings (SSSR count). The lowest BCUT2D eigenvalue weighted by atomic mass is 10.1. The van der Waals surface area contributed by atoms with Crippen molar-refractivity contribution >= 4 is 27.3 Å². The van der Waals surface area contributed by atoms with Gasteiger partial charge in [0.05, 0.1) is 4.90 Å². The Kier molecular flexibility index (Phi) is 5.61. The second kappa shape index (κ2) is 8.16. The number of aryl methyl sites for hydroxylation is 1. The number of carbonyl (C=O) groups is 1. The van der Waals surface area contributed by atoms with E-state index in [2.05, 4.69) is 10.2 Å². The standard InChI is InChI=1S/C22H27N3O3S/c1-17-6-7-18(16-21(17)29(27,28)25-14-4-5-15-25)22(26)23-19-8-10-20(11-9-19)24-12-2-3-13-24/h6-11,16H,2-5,12-15H2,1H3,(H,23,26). The lowest BCUT2D eigenvalue weighted by Crippen LogP contribution is -2.28. The zero-order valence-electron chi connectivity index (χ0n) is 16.7.